The van der Waals surface area contributed by atoms with Crippen molar-refractivity contribution in [1.82, 2.24) is 9.62 Å². The number of sulfonamides is 1. The Morgan fingerprint density at radius 2 is 2.00 bits per heavy atom. The van der Waals surface area contributed by atoms with Crippen LogP contribution in [0.2, 0.25) is 0 Å². The molecular formula is C9H19N3O3S. The van der Waals surface area contributed by atoms with E-state index in [0.29, 0.717) is 6.54 Å². The van der Waals surface area contributed by atoms with Crippen LogP contribution >= 0.6 is 0 Å². The molecule has 0 atom stereocenters. The first-order chi connectivity index (χ1) is 7.34. The van der Waals surface area contributed by atoms with Gasteiger partial charge in [-0.05, 0) is 12.8 Å². The van der Waals surface area contributed by atoms with Crippen LogP contribution in [0.1, 0.15) is 12.8 Å². The highest BCUT2D eigenvalue weighted by Gasteiger charge is 2.48. The van der Waals surface area contributed by atoms with Crippen LogP contribution in [0.15, 0.2) is 0 Å². The summed E-state index contributed by atoms with van der Waals surface area (Å²) in [5.74, 6) is -0.198. The van der Waals surface area contributed by atoms with Crippen LogP contribution in [-0.4, -0.2) is 51.6 Å². The molecule has 6 nitrogen and oxygen atoms in total. The van der Waals surface area contributed by atoms with Gasteiger partial charge in [0.25, 0.3) is 0 Å². The van der Waals surface area contributed by atoms with Gasteiger partial charge in [0, 0.05) is 27.2 Å². The Morgan fingerprint density at radius 3 is 2.38 bits per heavy atom. The zero-order valence-electron chi connectivity index (χ0n) is 9.69. The van der Waals surface area contributed by atoms with Gasteiger partial charge in [0.05, 0.1) is 11.2 Å². The molecule has 0 heterocycles. The van der Waals surface area contributed by atoms with E-state index in [4.69, 9.17) is 5.73 Å². The molecule has 1 fully saturated rings. The van der Waals surface area contributed by atoms with Crippen LogP contribution in [0, 0.1) is 5.41 Å². The number of carbonyl (C=O) groups is 1. The van der Waals surface area contributed by atoms with E-state index in [9.17, 15) is 13.2 Å². The van der Waals surface area contributed by atoms with E-state index in [2.05, 4.69) is 5.32 Å². The van der Waals surface area contributed by atoms with E-state index < -0.39 is 15.4 Å². The molecule has 0 aromatic rings. The number of hydrogen-bond acceptors (Lipinski definition) is 4. The minimum atomic E-state index is -3.24. The van der Waals surface area contributed by atoms with Crippen LogP contribution < -0.4 is 11.1 Å². The van der Waals surface area contributed by atoms with Gasteiger partial charge in [0.15, 0.2) is 0 Å². The van der Waals surface area contributed by atoms with E-state index in [-0.39, 0.29) is 18.2 Å². The van der Waals surface area contributed by atoms with E-state index in [1.807, 2.05) is 0 Å². The second-order valence-corrected chi connectivity index (χ2v) is 6.64. The summed E-state index contributed by atoms with van der Waals surface area (Å²) in [6.45, 7) is 0.473. The Hall–Kier alpha value is -0.660. The topological polar surface area (TPSA) is 92.5 Å². The molecule has 3 N–H and O–H groups in total. The normalized spacial score (nSPS) is 18.5. The van der Waals surface area contributed by atoms with E-state index >= 15 is 0 Å². The van der Waals surface area contributed by atoms with Crippen molar-refractivity contribution in [3.8, 4) is 0 Å². The van der Waals surface area contributed by atoms with Gasteiger partial charge in [0.1, 0.15) is 0 Å². The molecule has 0 saturated heterocycles. The Kier molecular flexibility index (Phi) is 3.92. The SMILES string of the molecule is CN(C)S(=O)(=O)CCNC(=O)C1(CN)CC1. The molecule has 1 rings (SSSR count). The summed E-state index contributed by atoms with van der Waals surface area (Å²) in [6, 6.07) is 0. The molecule has 1 aliphatic carbocycles. The monoisotopic (exact) mass is 249 g/mol. The molecule has 7 heteroatoms. The lowest BCUT2D eigenvalue weighted by Crippen LogP contribution is -2.40. The van der Waals surface area contributed by atoms with Crippen LogP contribution in [0.25, 0.3) is 0 Å². The molecule has 94 valence electrons. The van der Waals surface area contributed by atoms with Crippen LogP contribution in [0.5, 0.6) is 0 Å². The summed E-state index contributed by atoms with van der Waals surface area (Å²) in [6.07, 6.45) is 1.60. The van der Waals surface area contributed by atoms with E-state index in [1.165, 1.54) is 14.1 Å². The predicted octanol–water partition coefficient (Wildman–Crippen LogP) is -1.27. The van der Waals surface area contributed by atoms with Gasteiger partial charge in [-0.1, -0.05) is 0 Å². The molecule has 0 unspecified atom stereocenters. The number of carbonyl (C=O) groups excluding carboxylic acids is 1. The molecular weight excluding hydrogens is 230 g/mol. The summed E-state index contributed by atoms with van der Waals surface area (Å²) in [5.41, 5.74) is 5.07. The molecule has 1 saturated carbocycles. The lowest BCUT2D eigenvalue weighted by molar-refractivity contribution is -0.125. The molecule has 0 radical (unpaired) electrons. The second kappa shape index (κ2) is 4.68. The fraction of sp³-hybridized carbons (Fsp3) is 0.889. The zero-order chi connectivity index (χ0) is 12.4. The summed E-state index contributed by atoms with van der Waals surface area (Å²) >= 11 is 0. The van der Waals surface area contributed by atoms with Crippen molar-refractivity contribution in [2.75, 3.05) is 32.9 Å². The number of hydrogen-bond donors (Lipinski definition) is 2. The van der Waals surface area contributed by atoms with Crippen LogP contribution in [0.3, 0.4) is 0 Å². The quantitative estimate of drug-likeness (QED) is 0.614. The average Bonchev–Trinajstić information content (AvgIpc) is 2.97. The van der Waals surface area contributed by atoms with Crippen molar-refractivity contribution in [3.63, 3.8) is 0 Å². The number of rotatable bonds is 6. The highest BCUT2D eigenvalue weighted by molar-refractivity contribution is 7.89. The molecule has 0 spiro atoms. The summed E-state index contributed by atoms with van der Waals surface area (Å²) in [7, 11) is -0.295. The van der Waals surface area contributed by atoms with E-state index in [0.717, 1.165) is 17.1 Å². The first kappa shape index (κ1) is 13.4. The van der Waals surface area contributed by atoms with Gasteiger partial charge in [-0.25, -0.2) is 12.7 Å². The largest absolute Gasteiger partial charge is 0.355 e. The molecule has 0 bridgehead atoms. The molecule has 1 aliphatic rings. The third kappa shape index (κ3) is 2.93. The lowest BCUT2D eigenvalue weighted by atomic mass is 10.1. The highest BCUT2D eigenvalue weighted by atomic mass is 32.2. The van der Waals surface area contributed by atoms with Crippen molar-refractivity contribution in [3.05, 3.63) is 0 Å². The Balaban J connectivity index is 2.34. The van der Waals surface area contributed by atoms with Gasteiger partial charge in [-0.2, -0.15) is 0 Å². The standard InChI is InChI=1S/C9H19N3O3S/c1-12(2)16(14,15)6-5-11-8(13)9(7-10)3-4-9/h3-7,10H2,1-2H3,(H,11,13). The average molecular weight is 249 g/mol. The second-order valence-electron chi connectivity index (χ2n) is 4.34. The van der Waals surface area contributed by atoms with Crippen molar-refractivity contribution in [1.29, 1.82) is 0 Å². The third-order valence-corrected chi connectivity index (χ3v) is 4.76. The van der Waals surface area contributed by atoms with Gasteiger partial charge >= 0.3 is 0 Å². The van der Waals surface area contributed by atoms with Crippen LogP contribution in [0.4, 0.5) is 0 Å². The molecule has 0 aromatic carbocycles. The van der Waals surface area contributed by atoms with Crippen molar-refractivity contribution in [2.24, 2.45) is 11.1 Å². The lowest BCUT2D eigenvalue weighted by Gasteiger charge is -2.14. The number of nitrogens with one attached hydrogen (secondary N) is 1. The number of amides is 1. The Morgan fingerprint density at radius 1 is 1.44 bits per heavy atom. The van der Waals surface area contributed by atoms with Crippen molar-refractivity contribution in [2.45, 2.75) is 12.8 Å². The maximum atomic E-state index is 11.6. The smallest absolute Gasteiger partial charge is 0.227 e. The minimum Gasteiger partial charge on any atom is -0.355 e. The zero-order valence-corrected chi connectivity index (χ0v) is 10.5. The Bertz CT molecular complexity index is 360. The van der Waals surface area contributed by atoms with Gasteiger partial charge < -0.3 is 11.1 Å². The molecule has 0 aromatic heterocycles. The molecule has 16 heavy (non-hydrogen) atoms. The van der Waals surface area contributed by atoms with Crippen molar-refractivity contribution >= 4 is 15.9 Å². The molecule has 0 aliphatic heterocycles. The summed E-state index contributed by atoms with van der Waals surface area (Å²) in [4.78, 5) is 11.6. The van der Waals surface area contributed by atoms with Gasteiger partial charge in [-0.3, -0.25) is 4.79 Å². The third-order valence-electron chi connectivity index (χ3n) is 2.93. The highest BCUT2D eigenvalue weighted by Crippen LogP contribution is 2.44. The van der Waals surface area contributed by atoms with Crippen LogP contribution in [-0.2, 0) is 14.8 Å². The van der Waals surface area contributed by atoms with Gasteiger partial charge in [-0.15, -0.1) is 0 Å². The first-order valence-corrected chi connectivity index (χ1v) is 6.83. The van der Waals surface area contributed by atoms with Gasteiger partial charge in [0.2, 0.25) is 15.9 Å². The van der Waals surface area contributed by atoms with E-state index in [1.54, 1.807) is 0 Å². The van der Waals surface area contributed by atoms with Crippen molar-refractivity contribution < 1.29 is 13.2 Å². The fourth-order valence-electron chi connectivity index (χ4n) is 1.34. The predicted molar refractivity (Wildman–Crippen MR) is 61.2 cm³/mol. The summed E-state index contributed by atoms with van der Waals surface area (Å²) in [5, 5.41) is 2.62. The maximum absolute atomic E-state index is 11.6. The number of nitrogens with zero attached hydrogens (tertiary/aromatic N) is 1. The fourth-order valence-corrected chi connectivity index (χ4v) is 2.06. The first-order valence-electron chi connectivity index (χ1n) is 5.23. The summed E-state index contributed by atoms with van der Waals surface area (Å²) < 4.78 is 23.9. The maximum Gasteiger partial charge on any atom is 0.227 e. The minimum absolute atomic E-state index is 0.0770. The molecule has 1 amide bonds. The number of nitrogens with two attached hydrogens (primary N) is 1. The Labute approximate surface area is 96.2 Å².